The molecule has 0 saturated carbocycles. The van der Waals surface area contributed by atoms with Gasteiger partial charge in [0.1, 0.15) is 5.82 Å². The van der Waals surface area contributed by atoms with Crippen molar-refractivity contribution in [2.24, 2.45) is 5.73 Å². The lowest BCUT2D eigenvalue weighted by atomic mass is 10.2. The molecule has 8 heteroatoms. The van der Waals surface area contributed by atoms with E-state index in [1.54, 1.807) is 18.2 Å². The van der Waals surface area contributed by atoms with Gasteiger partial charge in [-0.15, -0.1) is 10.2 Å². The van der Waals surface area contributed by atoms with Crippen LogP contribution >= 0.6 is 11.8 Å². The number of nitro groups is 1. The molecule has 0 radical (unpaired) electrons. The molecule has 112 valence electrons. The molecule has 0 aliphatic rings. The Hall–Kier alpha value is -1.93. The fraction of sp³-hybridized carbons (Fsp3) is 0.385. The zero-order valence-corrected chi connectivity index (χ0v) is 12.5. The topological polar surface area (TPSA) is 99.9 Å². The van der Waals surface area contributed by atoms with Gasteiger partial charge in [0.2, 0.25) is 0 Å². The van der Waals surface area contributed by atoms with E-state index in [2.05, 4.69) is 17.1 Å². The molecule has 0 saturated heterocycles. The SMILES string of the molecule is CCCn1c(CN)nnc1SCc1ccccc1[N+](=O)[O-]. The summed E-state index contributed by atoms with van der Waals surface area (Å²) in [5.41, 5.74) is 6.45. The third kappa shape index (κ3) is 3.59. The largest absolute Gasteiger partial charge is 0.324 e. The Bertz CT molecular complexity index is 629. The minimum atomic E-state index is -0.363. The third-order valence-electron chi connectivity index (χ3n) is 2.97. The Labute approximate surface area is 126 Å². The maximum absolute atomic E-state index is 11.0. The van der Waals surface area contributed by atoms with Crippen LogP contribution in [-0.4, -0.2) is 19.7 Å². The maximum atomic E-state index is 11.0. The summed E-state index contributed by atoms with van der Waals surface area (Å²) in [5, 5.41) is 19.9. The molecule has 1 heterocycles. The van der Waals surface area contributed by atoms with Crippen LogP contribution < -0.4 is 5.73 Å². The quantitative estimate of drug-likeness (QED) is 0.479. The number of para-hydroxylation sites is 1. The van der Waals surface area contributed by atoms with Gasteiger partial charge in [-0.3, -0.25) is 10.1 Å². The first-order valence-electron chi connectivity index (χ1n) is 6.64. The van der Waals surface area contributed by atoms with Gasteiger partial charge in [0.15, 0.2) is 5.16 Å². The van der Waals surface area contributed by atoms with E-state index in [0.29, 0.717) is 17.9 Å². The molecule has 21 heavy (non-hydrogen) atoms. The molecule has 2 aromatic rings. The van der Waals surface area contributed by atoms with E-state index in [-0.39, 0.29) is 10.6 Å². The Morgan fingerprint density at radius 3 is 2.81 bits per heavy atom. The molecule has 0 bridgehead atoms. The van der Waals surface area contributed by atoms with Gasteiger partial charge in [-0.25, -0.2) is 0 Å². The van der Waals surface area contributed by atoms with Gasteiger partial charge >= 0.3 is 0 Å². The predicted octanol–water partition coefficient (Wildman–Crippen LogP) is 2.35. The minimum absolute atomic E-state index is 0.130. The van der Waals surface area contributed by atoms with Gasteiger partial charge in [-0.05, 0) is 6.42 Å². The maximum Gasteiger partial charge on any atom is 0.273 e. The second kappa shape index (κ2) is 7.19. The van der Waals surface area contributed by atoms with Crippen molar-refractivity contribution in [2.45, 2.75) is 37.3 Å². The molecular weight excluding hydrogens is 290 g/mol. The van der Waals surface area contributed by atoms with Crippen LogP contribution in [0.4, 0.5) is 5.69 Å². The molecule has 2 N–H and O–H groups in total. The summed E-state index contributed by atoms with van der Waals surface area (Å²) < 4.78 is 1.97. The number of benzene rings is 1. The fourth-order valence-corrected chi connectivity index (χ4v) is 2.96. The molecule has 0 amide bonds. The zero-order valence-electron chi connectivity index (χ0n) is 11.7. The summed E-state index contributed by atoms with van der Waals surface area (Å²) in [6, 6.07) is 6.73. The molecule has 7 nitrogen and oxygen atoms in total. The van der Waals surface area contributed by atoms with Crippen LogP contribution in [0.15, 0.2) is 29.4 Å². The van der Waals surface area contributed by atoms with E-state index in [4.69, 9.17) is 5.73 Å². The Kier molecular flexibility index (Phi) is 5.29. The Balaban J connectivity index is 2.17. The van der Waals surface area contributed by atoms with E-state index in [1.807, 2.05) is 4.57 Å². The number of thioether (sulfide) groups is 1. The smallest absolute Gasteiger partial charge is 0.273 e. The van der Waals surface area contributed by atoms with Crippen molar-refractivity contribution in [3.63, 3.8) is 0 Å². The van der Waals surface area contributed by atoms with E-state index >= 15 is 0 Å². The van der Waals surface area contributed by atoms with Gasteiger partial charge < -0.3 is 10.3 Å². The highest BCUT2D eigenvalue weighted by Gasteiger charge is 2.15. The number of hydrogen-bond donors (Lipinski definition) is 1. The normalized spacial score (nSPS) is 10.8. The van der Waals surface area contributed by atoms with E-state index in [1.165, 1.54) is 17.8 Å². The van der Waals surface area contributed by atoms with Crippen LogP contribution in [0.3, 0.4) is 0 Å². The highest BCUT2D eigenvalue weighted by molar-refractivity contribution is 7.98. The van der Waals surface area contributed by atoms with Crippen molar-refractivity contribution >= 4 is 17.4 Å². The van der Waals surface area contributed by atoms with Crippen molar-refractivity contribution in [1.82, 2.24) is 14.8 Å². The van der Waals surface area contributed by atoms with Crippen LogP contribution in [-0.2, 0) is 18.8 Å². The Morgan fingerprint density at radius 2 is 2.14 bits per heavy atom. The lowest BCUT2D eigenvalue weighted by molar-refractivity contribution is -0.385. The third-order valence-corrected chi connectivity index (χ3v) is 3.98. The monoisotopic (exact) mass is 307 g/mol. The number of nitro benzene ring substituents is 1. The number of rotatable bonds is 7. The highest BCUT2D eigenvalue weighted by atomic mass is 32.2. The van der Waals surface area contributed by atoms with Gasteiger partial charge in [0.05, 0.1) is 11.5 Å². The number of aromatic nitrogens is 3. The first-order chi connectivity index (χ1) is 10.2. The van der Waals surface area contributed by atoms with Crippen molar-refractivity contribution in [3.8, 4) is 0 Å². The summed E-state index contributed by atoms with van der Waals surface area (Å²) in [5.74, 6) is 1.21. The van der Waals surface area contributed by atoms with Crippen molar-refractivity contribution in [2.75, 3.05) is 0 Å². The minimum Gasteiger partial charge on any atom is -0.324 e. The van der Waals surface area contributed by atoms with Crippen molar-refractivity contribution in [1.29, 1.82) is 0 Å². The molecule has 1 aromatic heterocycles. The van der Waals surface area contributed by atoms with Gasteiger partial charge in [0, 0.05) is 23.9 Å². The van der Waals surface area contributed by atoms with E-state index < -0.39 is 0 Å². The lowest BCUT2D eigenvalue weighted by Crippen LogP contribution is -2.09. The standard InChI is InChI=1S/C13H17N5O2S/c1-2-7-17-12(8-14)15-16-13(17)21-9-10-5-3-4-6-11(10)18(19)20/h3-6H,2,7-9,14H2,1H3. The van der Waals surface area contributed by atoms with Crippen LogP contribution in [0.1, 0.15) is 24.7 Å². The number of nitrogens with zero attached hydrogens (tertiary/aromatic N) is 4. The summed E-state index contributed by atoms with van der Waals surface area (Å²) in [7, 11) is 0. The summed E-state index contributed by atoms with van der Waals surface area (Å²) in [4.78, 5) is 10.6. The molecule has 2 rings (SSSR count). The van der Waals surface area contributed by atoms with Crippen LogP contribution in [0.25, 0.3) is 0 Å². The number of hydrogen-bond acceptors (Lipinski definition) is 6. The summed E-state index contributed by atoms with van der Waals surface area (Å²) in [6.45, 7) is 3.19. The summed E-state index contributed by atoms with van der Waals surface area (Å²) >= 11 is 1.44. The molecule has 1 aromatic carbocycles. The second-order valence-electron chi connectivity index (χ2n) is 4.43. The first kappa shape index (κ1) is 15.5. The molecule has 0 spiro atoms. The first-order valence-corrected chi connectivity index (χ1v) is 7.63. The molecule has 0 fully saturated rings. The highest BCUT2D eigenvalue weighted by Crippen LogP contribution is 2.27. The predicted molar refractivity (Wildman–Crippen MR) is 80.9 cm³/mol. The molecule has 0 aliphatic heterocycles. The van der Waals surface area contributed by atoms with Crippen LogP contribution in [0.5, 0.6) is 0 Å². The molecule has 0 aliphatic carbocycles. The number of nitrogens with two attached hydrogens (primary N) is 1. The van der Waals surface area contributed by atoms with Gasteiger partial charge in [-0.1, -0.05) is 36.9 Å². The van der Waals surface area contributed by atoms with E-state index in [0.717, 1.165) is 23.9 Å². The van der Waals surface area contributed by atoms with E-state index in [9.17, 15) is 10.1 Å². The molecule has 0 atom stereocenters. The average Bonchev–Trinajstić information content (AvgIpc) is 2.88. The van der Waals surface area contributed by atoms with Gasteiger partial charge in [-0.2, -0.15) is 0 Å². The van der Waals surface area contributed by atoms with Crippen molar-refractivity contribution in [3.05, 3.63) is 45.8 Å². The lowest BCUT2D eigenvalue weighted by Gasteiger charge is -2.07. The Morgan fingerprint density at radius 1 is 1.38 bits per heavy atom. The van der Waals surface area contributed by atoms with Crippen LogP contribution in [0.2, 0.25) is 0 Å². The second-order valence-corrected chi connectivity index (χ2v) is 5.37. The van der Waals surface area contributed by atoms with Crippen molar-refractivity contribution < 1.29 is 4.92 Å². The molecular formula is C13H17N5O2S. The zero-order chi connectivity index (χ0) is 15.2. The average molecular weight is 307 g/mol. The van der Waals surface area contributed by atoms with Gasteiger partial charge in [0.25, 0.3) is 5.69 Å². The van der Waals surface area contributed by atoms with Crippen LogP contribution in [0, 0.1) is 10.1 Å². The summed E-state index contributed by atoms with van der Waals surface area (Å²) in [6.07, 6.45) is 0.948. The fourth-order valence-electron chi connectivity index (χ4n) is 1.98. The molecule has 0 unspecified atom stereocenters.